The number of hydrogen-bond donors (Lipinski definition) is 3. The third-order valence-corrected chi connectivity index (χ3v) is 2.62. The van der Waals surface area contributed by atoms with Gasteiger partial charge in [0, 0.05) is 5.02 Å². The molecule has 2 amide bonds. The van der Waals surface area contributed by atoms with Crippen molar-refractivity contribution in [2.75, 3.05) is 17.7 Å². The van der Waals surface area contributed by atoms with Crippen LogP contribution in [0.25, 0.3) is 0 Å². The molecule has 0 aliphatic heterocycles. The molecule has 1 aromatic carbocycles. The molecule has 19 heavy (non-hydrogen) atoms. The lowest BCUT2D eigenvalue weighted by molar-refractivity contribution is 0.262. The minimum absolute atomic E-state index is 0.121. The molecule has 0 aliphatic carbocycles. The van der Waals surface area contributed by atoms with E-state index < -0.39 is 6.03 Å². The van der Waals surface area contributed by atoms with Crippen molar-refractivity contribution in [3.8, 4) is 6.01 Å². The lowest BCUT2D eigenvalue weighted by atomic mass is 10.3. The number of halogens is 2. The largest absolute Gasteiger partial charge is 0.466 e. The Labute approximate surface area is 118 Å². The van der Waals surface area contributed by atoms with E-state index in [0.717, 1.165) is 0 Å². The SMILES string of the molecule is COc1n[nH]c(NC(=O)Nc2cc(Cl)ccc2Cl)n1. The second-order valence-electron chi connectivity index (χ2n) is 3.37. The van der Waals surface area contributed by atoms with Crippen molar-refractivity contribution >= 4 is 40.9 Å². The summed E-state index contributed by atoms with van der Waals surface area (Å²) >= 11 is 11.7. The number of amides is 2. The fourth-order valence-electron chi connectivity index (χ4n) is 1.25. The van der Waals surface area contributed by atoms with Crippen LogP contribution in [0.5, 0.6) is 6.01 Å². The molecule has 0 unspecified atom stereocenters. The number of ether oxygens (including phenoxy) is 1. The van der Waals surface area contributed by atoms with E-state index in [-0.39, 0.29) is 12.0 Å². The van der Waals surface area contributed by atoms with Gasteiger partial charge in [0.25, 0.3) is 0 Å². The summed E-state index contributed by atoms with van der Waals surface area (Å²) < 4.78 is 4.77. The number of carbonyl (C=O) groups excluding carboxylic acids is 1. The van der Waals surface area contributed by atoms with Crippen LogP contribution in [-0.4, -0.2) is 28.3 Å². The minimum atomic E-state index is -0.539. The standard InChI is InChI=1S/C10H9Cl2N5O2/c1-19-10-15-8(16-17-10)14-9(18)13-7-4-5(11)2-3-6(7)12/h2-4H,1H3,(H3,13,14,15,16,17,18). The van der Waals surface area contributed by atoms with Crippen LogP contribution in [0.4, 0.5) is 16.4 Å². The van der Waals surface area contributed by atoms with Crippen LogP contribution in [0.15, 0.2) is 18.2 Å². The zero-order chi connectivity index (χ0) is 13.8. The van der Waals surface area contributed by atoms with Crippen molar-refractivity contribution in [3.05, 3.63) is 28.2 Å². The lowest BCUT2D eigenvalue weighted by Gasteiger charge is -2.07. The summed E-state index contributed by atoms with van der Waals surface area (Å²) in [6, 6.07) is 4.31. The molecular formula is C10H9Cl2N5O2. The number of carbonyl (C=O) groups is 1. The van der Waals surface area contributed by atoms with Crippen molar-refractivity contribution in [2.24, 2.45) is 0 Å². The first-order valence-electron chi connectivity index (χ1n) is 5.08. The average Bonchev–Trinajstić information content (AvgIpc) is 2.81. The molecule has 0 bridgehead atoms. The lowest BCUT2D eigenvalue weighted by Crippen LogP contribution is -2.20. The van der Waals surface area contributed by atoms with Crippen molar-refractivity contribution in [2.45, 2.75) is 0 Å². The maximum atomic E-state index is 11.7. The van der Waals surface area contributed by atoms with E-state index in [1.54, 1.807) is 12.1 Å². The number of benzene rings is 1. The highest BCUT2D eigenvalue weighted by molar-refractivity contribution is 6.35. The van der Waals surface area contributed by atoms with Gasteiger partial charge in [-0.2, -0.15) is 4.98 Å². The van der Waals surface area contributed by atoms with Crippen LogP contribution in [0.3, 0.4) is 0 Å². The van der Waals surface area contributed by atoms with Crippen LogP contribution in [0.2, 0.25) is 10.0 Å². The van der Waals surface area contributed by atoms with Gasteiger partial charge in [0.1, 0.15) is 0 Å². The maximum Gasteiger partial charge on any atom is 0.336 e. The quantitative estimate of drug-likeness (QED) is 0.813. The second kappa shape index (κ2) is 5.77. The normalized spacial score (nSPS) is 10.1. The molecule has 0 atom stereocenters. The second-order valence-corrected chi connectivity index (χ2v) is 4.22. The molecule has 2 rings (SSSR count). The van der Waals surface area contributed by atoms with Gasteiger partial charge in [-0.25, -0.2) is 9.89 Å². The fourth-order valence-corrected chi connectivity index (χ4v) is 1.58. The van der Waals surface area contributed by atoms with Gasteiger partial charge in [0.15, 0.2) is 0 Å². The molecule has 100 valence electrons. The molecule has 7 nitrogen and oxygen atoms in total. The first kappa shape index (κ1) is 13.4. The summed E-state index contributed by atoms with van der Waals surface area (Å²) in [6.45, 7) is 0. The van der Waals surface area contributed by atoms with Crippen LogP contribution in [-0.2, 0) is 0 Å². The Kier molecular flexibility index (Phi) is 4.08. The van der Waals surface area contributed by atoms with Gasteiger partial charge in [0.2, 0.25) is 5.95 Å². The average molecular weight is 302 g/mol. The van der Waals surface area contributed by atoms with E-state index in [2.05, 4.69) is 25.8 Å². The van der Waals surface area contributed by atoms with E-state index in [4.69, 9.17) is 27.9 Å². The van der Waals surface area contributed by atoms with Crippen molar-refractivity contribution in [1.82, 2.24) is 15.2 Å². The first-order valence-corrected chi connectivity index (χ1v) is 5.83. The van der Waals surface area contributed by atoms with E-state index >= 15 is 0 Å². The Morgan fingerprint density at radius 2 is 2.16 bits per heavy atom. The Hall–Kier alpha value is -1.99. The number of hydrogen-bond acceptors (Lipinski definition) is 4. The number of aromatic nitrogens is 3. The first-order chi connectivity index (χ1) is 9.08. The van der Waals surface area contributed by atoms with Gasteiger partial charge in [-0.15, -0.1) is 5.10 Å². The molecule has 0 saturated heterocycles. The number of anilines is 2. The molecule has 0 aliphatic rings. The molecule has 0 saturated carbocycles. The van der Waals surface area contributed by atoms with Crippen LogP contribution in [0.1, 0.15) is 0 Å². The summed E-state index contributed by atoms with van der Waals surface area (Å²) in [7, 11) is 1.42. The molecule has 1 heterocycles. The number of methoxy groups -OCH3 is 1. The Morgan fingerprint density at radius 1 is 1.37 bits per heavy atom. The minimum Gasteiger partial charge on any atom is -0.466 e. The predicted octanol–water partition coefficient (Wildman–Crippen LogP) is 2.76. The Bertz CT molecular complexity index is 601. The van der Waals surface area contributed by atoms with Crippen molar-refractivity contribution in [1.29, 1.82) is 0 Å². The van der Waals surface area contributed by atoms with E-state index in [1.807, 2.05) is 0 Å². The van der Waals surface area contributed by atoms with Crippen LogP contribution >= 0.6 is 23.2 Å². The summed E-state index contributed by atoms with van der Waals surface area (Å²) in [5, 5.41) is 12.0. The molecule has 1 aromatic heterocycles. The number of urea groups is 1. The molecular weight excluding hydrogens is 293 g/mol. The highest BCUT2D eigenvalue weighted by Gasteiger charge is 2.09. The molecule has 3 N–H and O–H groups in total. The topological polar surface area (TPSA) is 91.9 Å². The summed E-state index contributed by atoms with van der Waals surface area (Å²) in [4.78, 5) is 15.5. The van der Waals surface area contributed by atoms with Gasteiger partial charge >= 0.3 is 12.0 Å². The van der Waals surface area contributed by atoms with Gasteiger partial charge in [-0.05, 0) is 18.2 Å². The van der Waals surface area contributed by atoms with Gasteiger partial charge in [-0.1, -0.05) is 23.2 Å². The zero-order valence-corrected chi connectivity index (χ0v) is 11.2. The smallest absolute Gasteiger partial charge is 0.336 e. The molecule has 2 aromatic rings. The Morgan fingerprint density at radius 3 is 2.84 bits per heavy atom. The van der Waals surface area contributed by atoms with E-state index in [0.29, 0.717) is 15.7 Å². The molecule has 0 radical (unpaired) electrons. The highest BCUT2D eigenvalue weighted by atomic mass is 35.5. The number of aromatic amines is 1. The van der Waals surface area contributed by atoms with Crippen molar-refractivity contribution in [3.63, 3.8) is 0 Å². The zero-order valence-electron chi connectivity index (χ0n) is 9.70. The molecule has 9 heteroatoms. The highest BCUT2D eigenvalue weighted by Crippen LogP contribution is 2.25. The van der Waals surface area contributed by atoms with Crippen molar-refractivity contribution < 1.29 is 9.53 Å². The number of rotatable bonds is 3. The molecule has 0 fully saturated rings. The monoisotopic (exact) mass is 301 g/mol. The number of H-pyrrole nitrogens is 1. The number of nitrogens with one attached hydrogen (secondary N) is 3. The third-order valence-electron chi connectivity index (χ3n) is 2.06. The molecule has 0 spiro atoms. The van der Waals surface area contributed by atoms with E-state index in [1.165, 1.54) is 13.2 Å². The fraction of sp³-hybridized carbons (Fsp3) is 0.100. The maximum absolute atomic E-state index is 11.7. The predicted molar refractivity (Wildman–Crippen MR) is 72.0 cm³/mol. The summed E-state index contributed by atoms with van der Waals surface area (Å²) in [5.41, 5.74) is 0.387. The summed E-state index contributed by atoms with van der Waals surface area (Å²) in [5.74, 6) is 0.146. The van der Waals surface area contributed by atoms with E-state index in [9.17, 15) is 4.79 Å². The number of nitrogens with zero attached hydrogens (tertiary/aromatic N) is 2. The summed E-state index contributed by atoms with van der Waals surface area (Å²) in [6.07, 6.45) is 0. The van der Waals surface area contributed by atoms with Gasteiger partial charge in [0.05, 0.1) is 17.8 Å². The van der Waals surface area contributed by atoms with Gasteiger partial charge < -0.3 is 10.1 Å². The third kappa shape index (κ3) is 3.49. The van der Waals surface area contributed by atoms with Gasteiger partial charge in [-0.3, -0.25) is 5.32 Å². The van der Waals surface area contributed by atoms with Crippen LogP contribution < -0.4 is 15.4 Å². The van der Waals surface area contributed by atoms with Crippen LogP contribution in [0, 0.1) is 0 Å². The Balaban J connectivity index is 2.03.